The molecule has 0 fully saturated rings. The van der Waals surface area contributed by atoms with E-state index in [9.17, 15) is 0 Å². The molecule has 0 N–H and O–H groups in total. The molecule has 0 atom stereocenters. The molecule has 3 heterocycles. The highest BCUT2D eigenvalue weighted by Crippen LogP contribution is 2.35. The molecule has 0 aliphatic heterocycles. The Balaban J connectivity index is 1.63. The van der Waals surface area contributed by atoms with Crippen LogP contribution < -0.4 is 0 Å². The van der Waals surface area contributed by atoms with Crippen molar-refractivity contribution in [2.45, 2.75) is 0 Å². The first-order chi connectivity index (χ1) is 20.3. The molecule has 0 aliphatic rings. The summed E-state index contributed by atoms with van der Waals surface area (Å²) in [5, 5.41) is 10.4. The van der Waals surface area contributed by atoms with Crippen molar-refractivity contribution in [1.82, 2.24) is 19.4 Å². The highest BCUT2D eigenvalue weighted by Gasteiger charge is 2.14. The largest absolute Gasteiger partial charge is 0.278 e. The lowest BCUT2D eigenvalue weighted by molar-refractivity contribution is 1.10. The number of nitrogens with zero attached hydrogens (tertiary/aromatic N) is 4. The molecule has 3 aromatic heterocycles. The minimum absolute atomic E-state index is 0.609. The molecule has 8 bridgehead atoms. The van der Waals surface area contributed by atoms with Crippen LogP contribution in [0.1, 0.15) is 0 Å². The molecule has 190 valence electrons. The molecule has 0 saturated carbocycles. The monoisotopic (exact) mass is 522 g/mol. The summed E-state index contributed by atoms with van der Waals surface area (Å²) in [6, 6.07) is 47.2. The van der Waals surface area contributed by atoms with E-state index < -0.39 is 0 Å². The van der Waals surface area contributed by atoms with Gasteiger partial charge in [-0.15, -0.1) is 0 Å². The predicted molar refractivity (Wildman–Crippen MR) is 170 cm³/mol. The minimum Gasteiger partial charge on any atom is -0.278 e. The predicted octanol–water partition coefficient (Wildman–Crippen LogP) is 9.27. The highest BCUT2D eigenvalue weighted by atomic mass is 15.1. The fourth-order valence-corrected chi connectivity index (χ4v) is 6.22. The van der Waals surface area contributed by atoms with Crippen molar-refractivity contribution < 1.29 is 0 Å². The molecule has 6 aromatic carbocycles. The number of hydrogen-bond acceptors (Lipinski definition) is 3. The van der Waals surface area contributed by atoms with Crippen molar-refractivity contribution in [2.24, 2.45) is 0 Å². The summed E-state index contributed by atoms with van der Waals surface area (Å²) < 4.78 is 2.20. The average Bonchev–Trinajstić information content (AvgIpc) is 3.36. The van der Waals surface area contributed by atoms with Crippen LogP contribution in [0.5, 0.6) is 0 Å². The third kappa shape index (κ3) is 3.38. The lowest BCUT2D eigenvalue weighted by Gasteiger charge is -2.07. The summed E-state index contributed by atoms with van der Waals surface area (Å²) >= 11 is 0. The summed E-state index contributed by atoms with van der Waals surface area (Å²) in [5.41, 5.74) is 3.75. The zero-order chi connectivity index (χ0) is 26.9. The summed E-state index contributed by atoms with van der Waals surface area (Å²) in [6.45, 7) is 0. The van der Waals surface area contributed by atoms with Crippen molar-refractivity contribution in [1.29, 1.82) is 0 Å². The Labute approximate surface area is 234 Å². The summed E-state index contributed by atoms with van der Waals surface area (Å²) in [4.78, 5) is 15.2. The smallest absolute Gasteiger partial charge is 0.238 e. The van der Waals surface area contributed by atoms with E-state index in [2.05, 4.69) is 120 Å². The van der Waals surface area contributed by atoms with E-state index >= 15 is 0 Å². The lowest BCUT2D eigenvalue weighted by atomic mass is 10.0. The molecule has 4 nitrogen and oxygen atoms in total. The maximum atomic E-state index is 5.14. The molecule has 9 rings (SSSR count). The van der Waals surface area contributed by atoms with Crippen molar-refractivity contribution in [2.75, 3.05) is 0 Å². The van der Waals surface area contributed by atoms with E-state index in [4.69, 9.17) is 15.0 Å². The van der Waals surface area contributed by atoms with E-state index in [0.717, 1.165) is 32.8 Å². The Bertz CT molecular complexity index is 2530. The molecular formula is C37H22N4. The first-order valence-corrected chi connectivity index (χ1v) is 13.8. The molecule has 41 heavy (non-hydrogen) atoms. The van der Waals surface area contributed by atoms with Crippen molar-refractivity contribution in [3.05, 3.63) is 133 Å². The van der Waals surface area contributed by atoms with Crippen molar-refractivity contribution in [3.8, 4) is 11.4 Å². The average molecular weight is 523 g/mol. The SMILES string of the molecule is c1ccc(-c2nc3nc(n2)n2c4ccccc4c4cc5cccc(c6cccc(c6)c6cccc3c6)c5cc42)cc1. The van der Waals surface area contributed by atoms with Gasteiger partial charge in [-0.2, -0.15) is 9.97 Å². The first kappa shape index (κ1) is 22.2. The Morgan fingerprint density at radius 1 is 0.390 bits per heavy atom. The second-order valence-corrected chi connectivity index (χ2v) is 10.6. The standard InChI is InChI=1S/C37H22N4/c1-2-9-23(10-3-1)35-38-36-28-15-7-12-25(20-28)24-11-6-13-26(19-24)29-17-8-14-27-21-32-30-16-4-5-18-33(30)41(37(39-35)40-36)34(32)22-31(27)29/h1-22H. The van der Waals surface area contributed by atoms with Gasteiger partial charge in [0.15, 0.2) is 11.5 Å². The van der Waals surface area contributed by atoms with Gasteiger partial charge in [-0.25, -0.2) is 4.98 Å². The van der Waals surface area contributed by atoms with Crippen LogP contribution in [-0.2, 0) is 0 Å². The van der Waals surface area contributed by atoms with Gasteiger partial charge in [0.25, 0.3) is 0 Å². The van der Waals surface area contributed by atoms with Gasteiger partial charge in [0.2, 0.25) is 5.78 Å². The van der Waals surface area contributed by atoms with Crippen LogP contribution in [0.3, 0.4) is 0 Å². The molecule has 4 heteroatoms. The van der Waals surface area contributed by atoms with Crippen LogP contribution in [0.4, 0.5) is 0 Å². The Kier molecular flexibility index (Phi) is 4.58. The molecule has 0 saturated heterocycles. The van der Waals surface area contributed by atoms with Crippen LogP contribution in [0.2, 0.25) is 0 Å². The minimum atomic E-state index is 0.609. The van der Waals surface area contributed by atoms with Gasteiger partial charge in [-0.05, 0) is 62.6 Å². The van der Waals surface area contributed by atoms with Crippen LogP contribution in [-0.4, -0.2) is 19.4 Å². The summed E-state index contributed by atoms with van der Waals surface area (Å²) in [7, 11) is 0. The number of fused-ring (bicyclic) bond motifs is 13. The highest BCUT2D eigenvalue weighted by molar-refractivity contribution is 6.17. The topological polar surface area (TPSA) is 43.1 Å². The van der Waals surface area contributed by atoms with Gasteiger partial charge in [0, 0.05) is 21.7 Å². The van der Waals surface area contributed by atoms with E-state index in [1.165, 1.54) is 32.3 Å². The zero-order valence-electron chi connectivity index (χ0n) is 22.0. The number of para-hydroxylation sites is 1. The summed E-state index contributed by atoms with van der Waals surface area (Å²) in [6.07, 6.45) is 0. The van der Waals surface area contributed by atoms with Gasteiger partial charge >= 0.3 is 0 Å². The Hall–Kier alpha value is -5.61. The van der Waals surface area contributed by atoms with Crippen LogP contribution in [0.15, 0.2) is 133 Å². The van der Waals surface area contributed by atoms with Crippen LogP contribution in [0, 0.1) is 0 Å². The number of aromatic nitrogens is 4. The first-order valence-electron chi connectivity index (χ1n) is 13.8. The second kappa shape index (κ2) is 8.44. The van der Waals surface area contributed by atoms with Gasteiger partial charge < -0.3 is 0 Å². The van der Waals surface area contributed by atoms with Crippen LogP contribution >= 0.6 is 0 Å². The maximum absolute atomic E-state index is 5.14. The number of hydrogen-bond donors (Lipinski definition) is 0. The van der Waals surface area contributed by atoms with Gasteiger partial charge in [0.05, 0.1) is 11.0 Å². The maximum Gasteiger partial charge on any atom is 0.238 e. The number of benzene rings is 6. The third-order valence-electron chi connectivity index (χ3n) is 8.16. The van der Waals surface area contributed by atoms with E-state index in [1.807, 2.05) is 18.2 Å². The Morgan fingerprint density at radius 2 is 1.05 bits per heavy atom. The van der Waals surface area contributed by atoms with Crippen LogP contribution in [0.25, 0.3) is 82.3 Å². The lowest BCUT2D eigenvalue weighted by Crippen LogP contribution is -1.98. The normalized spacial score (nSPS) is 11.9. The molecule has 0 aliphatic carbocycles. The second-order valence-electron chi connectivity index (χ2n) is 10.6. The molecule has 0 spiro atoms. The fourth-order valence-electron chi connectivity index (χ4n) is 6.22. The number of rotatable bonds is 1. The van der Waals surface area contributed by atoms with Gasteiger partial charge in [0.1, 0.15) is 0 Å². The summed E-state index contributed by atoms with van der Waals surface area (Å²) in [5.74, 6) is 1.26. The van der Waals surface area contributed by atoms with Gasteiger partial charge in [-0.1, -0.05) is 103 Å². The van der Waals surface area contributed by atoms with E-state index in [0.29, 0.717) is 17.2 Å². The molecular weight excluding hydrogens is 500 g/mol. The molecule has 0 radical (unpaired) electrons. The molecule has 0 unspecified atom stereocenters. The van der Waals surface area contributed by atoms with Gasteiger partial charge in [-0.3, -0.25) is 4.40 Å². The van der Waals surface area contributed by atoms with E-state index in [-0.39, 0.29) is 0 Å². The quantitative estimate of drug-likeness (QED) is 0.216. The molecule has 9 aromatic rings. The third-order valence-corrected chi connectivity index (χ3v) is 8.16. The van der Waals surface area contributed by atoms with Crippen molar-refractivity contribution >= 4 is 70.9 Å². The molecule has 0 amide bonds. The fraction of sp³-hybridized carbons (Fsp3) is 0. The van der Waals surface area contributed by atoms with E-state index in [1.54, 1.807) is 0 Å². The Morgan fingerprint density at radius 3 is 1.90 bits per heavy atom. The van der Waals surface area contributed by atoms with Crippen molar-refractivity contribution in [3.63, 3.8) is 0 Å². The zero-order valence-corrected chi connectivity index (χ0v) is 22.0.